The Morgan fingerprint density at radius 2 is 1.24 bits per heavy atom. The highest BCUT2D eigenvalue weighted by Gasteiger charge is 2.13. The number of H-pyrrole nitrogens is 1. The van der Waals surface area contributed by atoms with E-state index in [1.54, 1.807) is 62.1 Å². The zero-order valence-electron chi connectivity index (χ0n) is 23.9. The standard InChI is InChI=1S/C15H14ClN3O2.C15H15N3O3/c1-9-7-17-19-8-11(18-15(16)14(9)19)10-4-5-12(20-2)13(6-10)21-3;1-9-7-16-18-8-11(17-15(19)14(9)18)10-4-5-12(20-2)13(6-10)21-3/h4-8H,1-3H3;4-8H,1-3H3,(H,17,19). The van der Waals surface area contributed by atoms with Crippen LogP contribution in [0.3, 0.4) is 0 Å². The smallest absolute Gasteiger partial charge is 0.274 e. The summed E-state index contributed by atoms with van der Waals surface area (Å²) < 4.78 is 24.4. The summed E-state index contributed by atoms with van der Waals surface area (Å²) in [7, 11) is 6.36. The molecule has 0 atom stereocenters. The number of fused-ring (bicyclic) bond motifs is 2. The number of hydrogen-bond donors (Lipinski definition) is 1. The van der Waals surface area contributed by atoms with Crippen LogP contribution in [0.4, 0.5) is 0 Å². The fraction of sp³-hybridized carbons (Fsp3) is 0.200. The molecule has 42 heavy (non-hydrogen) atoms. The van der Waals surface area contributed by atoms with Crippen molar-refractivity contribution in [3.8, 4) is 45.5 Å². The molecule has 0 saturated carbocycles. The number of methoxy groups -OCH3 is 4. The van der Waals surface area contributed by atoms with Gasteiger partial charge in [-0.1, -0.05) is 11.6 Å². The molecular formula is C30H29ClN6O5. The Labute approximate surface area is 246 Å². The van der Waals surface area contributed by atoms with Gasteiger partial charge >= 0.3 is 0 Å². The second-order valence-electron chi connectivity index (χ2n) is 9.29. The van der Waals surface area contributed by atoms with Crippen LogP contribution in [0.2, 0.25) is 5.15 Å². The molecule has 12 heteroatoms. The normalized spacial score (nSPS) is 10.8. The number of rotatable bonds is 6. The van der Waals surface area contributed by atoms with Crippen molar-refractivity contribution in [2.24, 2.45) is 0 Å². The van der Waals surface area contributed by atoms with Crippen LogP contribution in [-0.2, 0) is 0 Å². The third-order valence-corrected chi connectivity index (χ3v) is 6.97. The van der Waals surface area contributed by atoms with Crippen LogP contribution in [0.5, 0.6) is 23.0 Å². The lowest BCUT2D eigenvalue weighted by Gasteiger charge is -2.10. The van der Waals surface area contributed by atoms with Gasteiger partial charge in [0.2, 0.25) is 0 Å². The summed E-state index contributed by atoms with van der Waals surface area (Å²) in [5.74, 6) is 2.56. The number of nitrogens with one attached hydrogen (secondary N) is 1. The maximum atomic E-state index is 12.2. The van der Waals surface area contributed by atoms with Crippen molar-refractivity contribution in [1.29, 1.82) is 0 Å². The number of ether oxygens (including phenoxy) is 4. The number of aryl methyl sites for hydroxylation is 2. The number of hydrogen-bond acceptors (Lipinski definition) is 8. The molecule has 0 spiro atoms. The summed E-state index contributed by atoms with van der Waals surface area (Å²) in [6.07, 6.45) is 7.06. The fourth-order valence-corrected chi connectivity index (χ4v) is 4.88. The molecule has 4 heterocycles. The van der Waals surface area contributed by atoms with Gasteiger partial charge in [0.25, 0.3) is 5.56 Å². The Bertz CT molecular complexity index is 1960. The quantitative estimate of drug-likeness (QED) is 0.275. The SMILES string of the molecule is COc1ccc(-c2cn3ncc(C)c3c(=O)[nH]2)cc1OC.COc1ccc(-c2cn3ncc(C)c3c(Cl)n2)cc1OC. The summed E-state index contributed by atoms with van der Waals surface area (Å²) in [6.45, 7) is 3.81. The first kappa shape index (κ1) is 28.5. The monoisotopic (exact) mass is 588 g/mol. The van der Waals surface area contributed by atoms with E-state index in [1.165, 1.54) is 0 Å². The average Bonchev–Trinajstić information content (AvgIpc) is 3.58. The van der Waals surface area contributed by atoms with Crippen molar-refractivity contribution in [2.45, 2.75) is 13.8 Å². The summed E-state index contributed by atoms with van der Waals surface area (Å²) in [6, 6.07) is 11.1. The molecular weight excluding hydrogens is 560 g/mol. The summed E-state index contributed by atoms with van der Waals surface area (Å²) in [5.41, 5.74) is 6.12. The van der Waals surface area contributed by atoms with E-state index >= 15 is 0 Å². The molecule has 0 aliphatic heterocycles. The van der Waals surface area contributed by atoms with Crippen molar-refractivity contribution < 1.29 is 18.9 Å². The minimum Gasteiger partial charge on any atom is -0.493 e. The third-order valence-electron chi connectivity index (χ3n) is 6.70. The van der Waals surface area contributed by atoms with Gasteiger partial charge < -0.3 is 23.9 Å². The third kappa shape index (κ3) is 5.34. The maximum absolute atomic E-state index is 12.2. The molecule has 0 aliphatic rings. The Morgan fingerprint density at radius 3 is 1.83 bits per heavy atom. The minimum absolute atomic E-state index is 0.169. The van der Waals surface area contributed by atoms with Crippen LogP contribution < -0.4 is 24.5 Å². The second kappa shape index (κ2) is 11.8. The topological polar surface area (TPSA) is 117 Å². The van der Waals surface area contributed by atoms with Crippen LogP contribution in [-0.4, -0.2) is 57.6 Å². The van der Waals surface area contributed by atoms with E-state index in [0.717, 1.165) is 33.5 Å². The van der Waals surface area contributed by atoms with Crippen molar-refractivity contribution >= 4 is 22.6 Å². The Hall–Kier alpha value is -5.03. The van der Waals surface area contributed by atoms with E-state index in [9.17, 15) is 4.79 Å². The highest BCUT2D eigenvalue weighted by molar-refractivity contribution is 6.32. The molecule has 0 radical (unpaired) electrons. The van der Waals surface area contributed by atoms with E-state index < -0.39 is 0 Å². The fourth-order valence-electron chi connectivity index (χ4n) is 4.56. The molecule has 0 unspecified atom stereocenters. The van der Waals surface area contributed by atoms with Gasteiger partial charge in [-0.15, -0.1) is 0 Å². The molecule has 4 aromatic heterocycles. The lowest BCUT2D eigenvalue weighted by molar-refractivity contribution is 0.355. The Morgan fingerprint density at radius 1 is 0.714 bits per heavy atom. The molecule has 216 valence electrons. The van der Waals surface area contributed by atoms with Crippen molar-refractivity contribution in [1.82, 2.24) is 29.2 Å². The summed E-state index contributed by atoms with van der Waals surface area (Å²) in [4.78, 5) is 19.5. The van der Waals surface area contributed by atoms with Gasteiger partial charge in [0.05, 0.1) is 64.6 Å². The first-order chi connectivity index (χ1) is 20.3. The number of aromatic nitrogens is 6. The van der Waals surface area contributed by atoms with Gasteiger partial charge in [-0.25, -0.2) is 14.0 Å². The number of halogens is 1. The molecule has 6 aromatic rings. The Kier molecular flexibility index (Phi) is 8.03. The van der Waals surface area contributed by atoms with Crippen LogP contribution in [0.1, 0.15) is 11.1 Å². The summed E-state index contributed by atoms with van der Waals surface area (Å²) >= 11 is 6.26. The molecule has 1 N–H and O–H groups in total. The number of aromatic amines is 1. The lowest BCUT2D eigenvalue weighted by atomic mass is 10.1. The van der Waals surface area contributed by atoms with E-state index in [4.69, 9.17) is 30.5 Å². The molecule has 2 aromatic carbocycles. The van der Waals surface area contributed by atoms with Crippen LogP contribution >= 0.6 is 11.6 Å². The van der Waals surface area contributed by atoms with E-state index in [0.29, 0.717) is 39.4 Å². The molecule has 0 aliphatic carbocycles. The van der Waals surface area contributed by atoms with Gasteiger partial charge in [-0.05, 0) is 55.8 Å². The van der Waals surface area contributed by atoms with Crippen LogP contribution in [0.15, 0.2) is 66.0 Å². The van der Waals surface area contributed by atoms with E-state index in [1.807, 2.05) is 50.4 Å². The van der Waals surface area contributed by atoms with E-state index in [-0.39, 0.29) is 5.56 Å². The minimum atomic E-state index is -0.169. The first-order valence-corrected chi connectivity index (χ1v) is 13.2. The van der Waals surface area contributed by atoms with E-state index in [2.05, 4.69) is 20.2 Å². The maximum Gasteiger partial charge on any atom is 0.274 e. The number of benzene rings is 2. The average molecular weight is 589 g/mol. The van der Waals surface area contributed by atoms with Crippen molar-refractivity contribution in [3.05, 3.63) is 87.8 Å². The molecule has 0 saturated heterocycles. The lowest BCUT2D eigenvalue weighted by Crippen LogP contribution is -2.11. The number of nitrogens with zero attached hydrogens (tertiary/aromatic N) is 5. The largest absolute Gasteiger partial charge is 0.493 e. The predicted molar refractivity (Wildman–Crippen MR) is 160 cm³/mol. The van der Waals surface area contributed by atoms with Gasteiger partial charge in [0.1, 0.15) is 11.0 Å². The molecule has 11 nitrogen and oxygen atoms in total. The highest BCUT2D eigenvalue weighted by Crippen LogP contribution is 2.33. The van der Waals surface area contributed by atoms with Gasteiger partial charge in [-0.3, -0.25) is 4.79 Å². The molecule has 0 amide bonds. The first-order valence-electron chi connectivity index (χ1n) is 12.8. The van der Waals surface area contributed by atoms with Gasteiger partial charge in [0.15, 0.2) is 28.2 Å². The zero-order chi connectivity index (χ0) is 30.0. The second-order valence-corrected chi connectivity index (χ2v) is 9.65. The summed E-state index contributed by atoms with van der Waals surface area (Å²) in [5, 5.41) is 8.89. The predicted octanol–water partition coefficient (Wildman–Crippen LogP) is 5.39. The van der Waals surface area contributed by atoms with Crippen LogP contribution in [0.25, 0.3) is 33.5 Å². The molecule has 0 bridgehead atoms. The van der Waals surface area contributed by atoms with Crippen LogP contribution in [0, 0.1) is 13.8 Å². The highest BCUT2D eigenvalue weighted by atomic mass is 35.5. The molecule has 0 fully saturated rings. The zero-order valence-corrected chi connectivity index (χ0v) is 24.7. The van der Waals surface area contributed by atoms with Gasteiger partial charge in [0, 0.05) is 16.7 Å². The van der Waals surface area contributed by atoms with Crippen molar-refractivity contribution in [3.63, 3.8) is 0 Å². The van der Waals surface area contributed by atoms with Gasteiger partial charge in [-0.2, -0.15) is 10.2 Å². The molecule has 6 rings (SSSR count). The van der Waals surface area contributed by atoms with Crippen molar-refractivity contribution in [2.75, 3.05) is 28.4 Å². The Balaban J connectivity index is 0.000000168.